The van der Waals surface area contributed by atoms with E-state index in [2.05, 4.69) is 53.1 Å². The van der Waals surface area contributed by atoms with Crippen molar-refractivity contribution in [1.82, 2.24) is 4.57 Å². The topological polar surface area (TPSA) is 65.1 Å². The van der Waals surface area contributed by atoms with Crippen LogP contribution in [0.1, 0.15) is 16.7 Å². The summed E-state index contributed by atoms with van der Waals surface area (Å²) in [4.78, 5) is 1.71. The molecule has 188 valence electrons. The van der Waals surface area contributed by atoms with Crippen LogP contribution in [-0.2, 0) is 6.42 Å². The summed E-state index contributed by atoms with van der Waals surface area (Å²) in [5.41, 5.74) is 6.62. The summed E-state index contributed by atoms with van der Waals surface area (Å²) in [6.45, 7) is 0.710. The van der Waals surface area contributed by atoms with Gasteiger partial charge in [0.2, 0.25) is 0 Å². The molecule has 5 aromatic carbocycles. The van der Waals surface area contributed by atoms with Crippen LogP contribution in [-0.4, -0.2) is 22.8 Å². The smallest absolute Gasteiger partial charge is 0.138 e. The van der Waals surface area contributed by atoms with Crippen molar-refractivity contribution in [2.75, 3.05) is 11.5 Å². The van der Waals surface area contributed by atoms with E-state index in [1.165, 1.54) is 5.56 Å². The van der Waals surface area contributed by atoms with Gasteiger partial charge in [-0.25, -0.2) is 0 Å². The lowest BCUT2D eigenvalue weighted by molar-refractivity contribution is 0.360. The molecule has 0 bridgehead atoms. The Hall–Kier alpha value is -5.16. The SMILES string of the molecule is N=C(c1ccccc1)N(C(=N)c1ccccc1)c1cccc(-n2c3ccccc3c3c4c(ccc32)CCO4)c1. The summed E-state index contributed by atoms with van der Waals surface area (Å²) in [5.74, 6) is 1.47. The number of nitrogens with zero attached hydrogens (tertiary/aromatic N) is 2. The molecule has 39 heavy (non-hydrogen) atoms. The normalized spacial score (nSPS) is 12.3. The van der Waals surface area contributed by atoms with Crippen molar-refractivity contribution in [1.29, 1.82) is 10.8 Å². The lowest BCUT2D eigenvalue weighted by Gasteiger charge is -2.27. The van der Waals surface area contributed by atoms with Crippen molar-refractivity contribution >= 4 is 39.2 Å². The maximum absolute atomic E-state index is 9.16. The summed E-state index contributed by atoms with van der Waals surface area (Å²) in [5, 5.41) is 20.6. The summed E-state index contributed by atoms with van der Waals surface area (Å²) in [6, 6.07) is 40.1. The summed E-state index contributed by atoms with van der Waals surface area (Å²) in [7, 11) is 0. The van der Waals surface area contributed by atoms with Gasteiger partial charge in [0.15, 0.2) is 0 Å². The molecule has 0 atom stereocenters. The quantitative estimate of drug-likeness (QED) is 0.191. The Labute approximate surface area is 226 Å². The molecule has 0 radical (unpaired) electrons. The van der Waals surface area contributed by atoms with E-state index < -0.39 is 0 Å². The van der Waals surface area contributed by atoms with Crippen molar-refractivity contribution < 1.29 is 4.74 Å². The lowest BCUT2D eigenvalue weighted by Crippen LogP contribution is -2.37. The molecule has 7 rings (SSSR count). The summed E-state index contributed by atoms with van der Waals surface area (Å²) < 4.78 is 8.37. The van der Waals surface area contributed by atoms with Crippen LogP contribution in [0.25, 0.3) is 27.5 Å². The van der Waals surface area contributed by atoms with Gasteiger partial charge in [-0.3, -0.25) is 15.7 Å². The Kier molecular flexibility index (Phi) is 5.48. The maximum atomic E-state index is 9.16. The molecular weight excluding hydrogens is 480 g/mol. The number of benzene rings is 5. The number of aromatic nitrogens is 1. The van der Waals surface area contributed by atoms with Crippen molar-refractivity contribution in [2.45, 2.75) is 6.42 Å². The Balaban J connectivity index is 1.43. The van der Waals surface area contributed by atoms with E-state index in [-0.39, 0.29) is 11.7 Å². The maximum Gasteiger partial charge on any atom is 0.138 e. The van der Waals surface area contributed by atoms with Gasteiger partial charge in [-0.15, -0.1) is 0 Å². The van der Waals surface area contributed by atoms with E-state index in [4.69, 9.17) is 15.6 Å². The average Bonchev–Trinajstić information content (AvgIpc) is 3.61. The van der Waals surface area contributed by atoms with Gasteiger partial charge in [-0.1, -0.05) is 91.0 Å². The first kappa shape index (κ1) is 23.0. The number of anilines is 1. The molecule has 0 spiro atoms. The molecule has 0 fully saturated rings. The van der Waals surface area contributed by atoms with E-state index in [1.54, 1.807) is 4.90 Å². The van der Waals surface area contributed by atoms with Gasteiger partial charge < -0.3 is 9.30 Å². The molecule has 0 amide bonds. The second kappa shape index (κ2) is 9.30. The molecule has 0 unspecified atom stereocenters. The summed E-state index contributed by atoms with van der Waals surface area (Å²) >= 11 is 0. The highest BCUT2D eigenvalue weighted by Gasteiger charge is 2.24. The van der Waals surface area contributed by atoms with Crippen molar-refractivity contribution in [3.05, 3.63) is 138 Å². The number of rotatable bonds is 4. The second-order valence-electron chi connectivity index (χ2n) is 9.68. The first-order valence-corrected chi connectivity index (χ1v) is 13.1. The molecular formula is C34H26N4O. The fourth-order valence-corrected chi connectivity index (χ4v) is 5.57. The molecule has 1 aromatic heterocycles. The number of ether oxygens (including phenoxy) is 1. The van der Waals surface area contributed by atoms with Gasteiger partial charge in [-0.05, 0) is 35.9 Å². The van der Waals surface area contributed by atoms with Gasteiger partial charge in [-0.2, -0.15) is 0 Å². The Morgan fingerprint density at radius 1 is 0.667 bits per heavy atom. The molecule has 1 aliphatic heterocycles. The first-order valence-electron chi connectivity index (χ1n) is 13.1. The van der Waals surface area contributed by atoms with Gasteiger partial charge >= 0.3 is 0 Å². The Bertz CT molecular complexity index is 1820. The van der Waals surface area contributed by atoms with Crippen LogP contribution < -0.4 is 9.64 Å². The van der Waals surface area contributed by atoms with Crippen LogP contribution in [0.2, 0.25) is 0 Å². The number of fused-ring (bicyclic) bond motifs is 5. The predicted octanol–water partition coefficient (Wildman–Crippen LogP) is 7.58. The van der Waals surface area contributed by atoms with Crippen LogP contribution in [0.4, 0.5) is 5.69 Å². The number of nitrogens with one attached hydrogen (secondary N) is 2. The zero-order valence-electron chi connectivity index (χ0n) is 21.3. The standard InChI is InChI=1S/C34H26N4O/c35-33(24-10-3-1-4-11-24)38(34(36)25-12-5-2-6-13-25)27-15-9-14-26(22-27)37-29-17-8-7-16-28(29)31-30(37)19-18-23-20-21-39-32(23)31/h1-19,22,35-36H,20-21H2. The third-order valence-electron chi connectivity index (χ3n) is 7.38. The fourth-order valence-electron chi connectivity index (χ4n) is 5.57. The molecule has 0 aliphatic carbocycles. The van der Waals surface area contributed by atoms with E-state index in [0.717, 1.165) is 56.5 Å². The number of hydrogen-bond donors (Lipinski definition) is 2. The van der Waals surface area contributed by atoms with E-state index >= 15 is 0 Å². The monoisotopic (exact) mass is 506 g/mol. The Morgan fingerprint density at radius 3 is 2.05 bits per heavy atom. The minimum absolute atomic E-state index is 0.245. The molecule has 2 heterocycles. The molecule has 1 aliphatic rings. The van der Waals surface area contributed by atoms with Crippen LogP contribution in [0.3, 0.4) is 0 Å². The van der Waals surface area contributed by atoms with Crippen LogP contribution >= 0.6 is 0 Å². The number of amidine groups is 2. The molecule has 0 saturated carbocycles. The third kappa shape index (κ3) is 3.79. The largest absolute Gasteiger partial charge is 0.492 e. The Morgan fingerprint density at radius 2 is 1.33 bits per heavy atom. The van der Waals surface area contributed by atoms with Gasteiger partial charge in [0.05, 0.1) is 28.7 Å². The highest BCUT2D eigenvalue weighted by molar-refractivity contribution is 6.27. The van der Waals surface area contributed by atoms with Gasteiger partial charge in [0.1, 0.15) is 17.4 Å². The molecule has 5 heteroatoms. The van der Waals surface area contributed by atoms with Crippen LogP contribution in [0, 0.1) is 10.8 Å². The first-order chi connectivity index (χ1) is 19.2. The zero-order valence-corrected chi connectivity index (χ0v) is 21.3. The second-order valence-corrected chi connectivity index (χ2v) is 9.68. The minimum atomic E-state index is 0.245. The third-order valence-corrected chi connectivity index (χ3v) is 7.38. The highest BCUT2D eigenvalue weighted by atomic mass is 16.5. The number of para-hydroxylation sites is 1. The van der Waals surface area contributed by atoms with Crippen molar-refractivity contribution in [3.63, 3.8) is 0 Å². The van der Waals surface area contributed by atoms with Crippen molar-refractivity contribution in [2.24, 2.45) is 0 Å². The average molecular weight is 507 g/mol. The summed E-state index contributed by atoms with van der Waals surface area (Å²) in [6.07, 6.45) is 0.929. The minimum Gasteiger partial charge on any atom is -0.492 e. The molecule has 5 nitrogen and oxygen atoms in total. The zero-order chi connectivity index (χ0) is 26.3. The van der Waals surface area contributed by atoms with E-state index in [1.807, 2.05) is 72.8 Å². The van der Waals surface area contributed by atoms with Crippen LogP contribution in [0.5, 0.6) is 5.75 Å². The highest BCUT2D eigenvalue weighted by Crippen LogP contribution is 2.42. The predicted molar refractivity (Wildman–Crippen MR) is 159 cm³/mol. The van der Waals surface area contributed by atoms with Crippen molar-refractivity contribution in [3.8, 4) is 11.4 Å². The van der Waals surface area contributed by atoms with E-state index in [9.17, 15) is 0 Å². The number of hydrogen-bond acceptors (Lipinski definition) is 3. The molecule has 2 N–H and O–H groups in total. The lowest BCUT2D eigenvalue weighted by atomic mass is 10.1. The van der Waals surface area contributed by atoms with E-state index in [0.29, 0.717) is 6.61 Å². The molecule has 0 saturated heterocycles. The van der Waals surface area contributed by atoms with Crippen LogP contribution in [0.15, 0.2) is 121 Å². The van der Waals surface area contributed by atoms with Gasteiger partial charge in [0.25, 0.3) is 0 Å². The molecule has 6 aromatic rings. The fraction of sp³-hybridized carbons (Fsp3) is 0.0588. The van der Waals surface area contributed by atoms with Gasteiger partial charge in [0, 0.05) is 28.6 Å².